The lowest BCUT2D eigenvalue weighted by Gasteiger charge is -2.22. The van der Waals surface area contributed by atoms with E-state index in [4.69, 9.17) is 0 Å². The number of imidazole rings is 1. The highest BCUT2D eigenvalue weighted by Crippen LogP contribution is 2.22. The lowest BCUT2D eigenvalue weighted by atomic mass is 10.0. The van der Waals surface area contributed by atoms with E-state index in [0.717, 1.165) is 31.0 Å². The highest BCUT2D eigenvalue weighted by atomic mass is 15.3. The van der Waals surface area contributed by atoms with Crippen LogP contribution in [0.2, 0.25) is 0 Å². The van der Waals surface area contributed by atoms with Crippen molar-refractivity contribution in [2.75, 3.05) is 0 Å². The Balaban J connectivity index is 1.88. The van der Waals surface area contributed by atoms with Crippen molar-refractivity contribution in [2.24, 2.45) is 0 Å². The average molecular weight is 218 g/mol. The Morgan fingerprint density at radius 1 is 1.56 bits per heavy atom. The maximum atomic E-state index is 4.32. The van der Waals surface area contributed by atoms with Crippen molar-refractivity contribution < 1.29 is 0 Å². The molecule has 16 heavy (non-hydrogen) atoms. The summed E-state index contributed by atoms with van der Waals surface area (Å²) in [6.45, 7) is 3.81. The molecule has 0 spiro atoms. The third-order valence-electron chi connectivity index (χ3n) is 3.03. The van der Waals surface area contributed by atoms with Gasteiger partial charge in [0.15, 0.2) is 0 Å². The van der Waals surface area contributed by atoms with E-state index in [9.17, 15) is 0 Å². The summed E-state index contributed by atoms with van der Waals surface area (Å²) in [5.41, 5.74) is 2.31. The predicted molar refractivity (Wildman–Crippen MR) is 57.6 cm³/mol. The number of hydrogen-bond donors (Lipinski definition) is 2. The van der Waals surface area contributed by atoms with E-state index in [1.54, 1.807) is 12.7 Å². The topological polar surface area (TPSA) is 71.4 Å². The van der Waals surface area contributed by atoms with E-state index in [-0.39, 0.29) is 6.04 Å². The van der Waals surface area contributed by atoms with Crippen LogP contribution in [0.4, 0.5) is 0 Å². The molecule has 1 atom stereocenters. The molecule has 1 aliphatic rings. The summed E-state index contributed by atoms with van der Waals surface area (Å²) in [5.74, 6) is 0.996. The minimum Gasteiger partial charge on any atom is -0.347 e. The maximum Gasteiger partial charge on any atom is 0.150 e. The number of nitrogens with one attached hydrogen (secondary N) is 2. The Hall–Kier alpha value is -1.69. The Morgan fingerprint density at radius 3 is 3.38 bits per heavy atom. The number of rotatable bonds is 2. The van der Waals surface area contributed by atoms with Gasteiger partial charge < -0.3 is 14.9 Å². The molecular formula is C10H14N6. The summed E-state index contributed by atoms with van der Waals surface area (Å²) >= 11 is 0. The molecule has 6 heteroatoms. The monoisotopic (exact) mass is 218 g/mol. The molecule has 2 aromatic rings. The Labute approximate surface area is 93.1 Å². The number of fused-ring (bicyclic) bond motifs is 1. The van der Waals surface area contributed by atoms with Gasteiger partial charge in [-0.05, 0) is 6.92 Å². The van der Waals surface area contributed by atoms with Gasteiger partial charge >= 0.3 is 0 Å². The minimum atomic E-state index is 0.221. The van der Waals surface area contributed by atoms with Gasteiger partial charge in [0.05, 0.1) is 23.8 Å². The highest BCUT2D eigenvalue weighted by molar-refractivity contribution is 5.18. The van der Waals surface area contributed by atoms with Crippen LogP contribution >= 0.6 is 0 Å². The second-order valence-electron chi connectivity index (χ2n) is 3.94. The number of aromatic amines is 1. The lowest BCUT2D eigenvalue weighted by Crippen LogP contribution is -2.30. The summed E-state index contributed by atoms with van der Waals surface area (Å²) in [5, 5.41) is 11.6. The second-order valence-corrected chi connectivity index (χ2v) is 3.94. The lowest BCUT2D eigenvalue weighted by molar-refractivity contribution is 0.449. The van der Waals surface area contributed by atoms with Crippen LogP contribution in [0.5, 0.6) is 0 Å². The van der Waals surface area contributed by atoms with Crippen LogP contribution in [0.15, 0.2) is 12.7 Å². The van der Waals surface area contributed by atoms with Gasteiger partial charge in [-0.25, -0.2) is 4.98 Å². The van der Waals surface area contributed by atoms with Gasteiger partial charge in [0.1, 0.15) is 12.2 Å². The smallest absolute Gasteiger partial charge is 0.150 e. The van der Waals surface area contributed by atoms with Crippen molar-refractivity contribution in [3.05, 3.63) is 29.9 Å². The van der Waals surface area contributed by atoms with Crippen molar-refractivity contribution in [1.29, 1.82) is 0 Å². The van der Waals surface area contributed by atoms with Crippen LogP contribution in [-0.4, -0.2) is 24.7 Å². The van der Waals surface area contributed by atoms with Crippen molar-refractivity contribution >= 4 is 0 Å². The zero-order chi connectivity index (χ0) is 11.0. The Bertz CT molecular complexity index is 485. The average Bonchev–Trinajstić information content (AvgIpc) is 2.96. The van der Waals surface area contributed by atoms with Gasteiger partial charge in [0.2, 0.25) is 0 Å². The number of hydrogen-bond acceptors (Lipinski definition) is 4. The quantitative estimate of drug-likeness (QED) is 0.765. The second kappa shape index (κ2) is 3.71. The van der Waals surface area contributed by atoms with E-state index in [2.05, 4.69) is 37.0 Å². The first-order valence-electron chi connectivity index (χ1n) is 5.50. The van der Waals surface area contributed by atoms with Crippen molar-refractivity contribution in [3.8, 4) is 0 Å². The Kier molecular flexibility index (Phi) is 2.21. The molecule has 3 heterocycles. The molecule has 1 unspecified atom stereocenters. The van der Waals surface area contributed by atoms with Gasteiger partial charge in [-0.3, -0.25) is 0 Å². The fraction of sp³-hybridized carbons (Fsp3) is 0.500. The summed E-state index contributed by atoms with van der Waals surface area (Å²) < 4.78 is 2.06. The molecule has 0 aromatic carbocycles. The maximum absolute atomic E-state index is 4.32. The molecule has 0 bridgehead atoms. The van der Waals surface area contributed by atoms with Crippen molar-refractivity contribution in [1.82, 2.24) is 30.0 Å². The first-order chi connectivity index (χ1) is 7.88. The van der Waals surface area contributed by atoms with Gasteiger partial charge in [-0.1, -0.05) is 0 Å². The molecule has 3 rings (SSSR count). The zero-order valence-electron chi connectivity index (χ0n) is 9.14. The van der Waals surface area contributed by atoms with Crippen LogP contribution in [0.3, 0.4) is 0 Å². The molecule has 84 valence electrons. The fourth-order valence-electron chi connectivity index (χ4n) is 2.13. The van der Waals surface area contributed by atoms with Crippen LogP contribution in [0.25, 0.3) is 0 Å². The third kappa shape index (κ3) is 1.42. The van der Waals surface area contributed by atoms with Crippen LogP contribution in [-0.2, 0) is 19.5 Å². The molecule has 6 nitrogen and oxygen atoms in total. The Morgan fingerprint density at radius 2 is 2.50 bits per heavy atom. The van der Waals surface area contributed by atoms with Crippen molar-refractivity contribution in [3.63, 3.8) is 0 Å². The fourth-order valence-corrected chi connectivity index (χ4v) is 2.13. The SMILES string of the molecule is CCn1cnnc1C1Cc2nc[nH]c2CN1. The minimum absolute atomic E-state index is 0.221. The summed E-state index contributed by atoms with van der Waals surface area (Å²) in [6, 6.07) is 0.221. The van der Waals surface area contributed by atoms with E-state index in [1.165, 1.54) is 5.69 Å². The largest absolute Gasteiger partial charge is 0.347 e. The normalized spacial score (nSPS) is 19.7. The van der Waals surface area contributed by atoms with E-state index < -0.39 is 0 Å². The zero-order valence-corrected chi connectivity index (χ0v) is 9.14. The number of nitrogens with zero attached hydrogens (tertiary/aromatic N) is 4. The highest BCUT2D eigenvalue weighted by Gasteiger charge is 2.24. The molecule has 2 N–H and O–H groups in total. The standard InChI is InChI=1S/C10H14N6/c1-2-16-6-14-15-10(16)8-3-7-9(4-11-8)13-5-12-7/h5-6,8,11H,2-4H2,1H3,(H,12,13). The van der Waals surface area contributed by atoms with Gasteiger partial charge in [-0.15, -0.1) is 10.2 Å². The molecule has 0 amide bonds. The number of H-pyrrole nitrogens is 1. The van der Waals surface area contributed by atoms with Gasteiger partial charge in [0.25, 0.3) is 0 Å². The third-order valence-corrected chi connectivity index (χ3v) is 3.03. The van der Waals surface area contributed by atoms with Crippen LogP contribution < -0.4 is 5.32 Å². The van der Waals surface area contributed by atoms with Gasteiger partial charge in [-0.2, -0.15) is 0 Å². The van der Waals surface area contributed by atoms with Crippen LogP contribution in [0.1, 0.15) is 30.2 Å². The molecule has 0 fully saturated rings. The summed E-state index contributed by atoms with van der Waals surface area (Å²) in [4.78, 5) is 7.45. The molecule has 0 aliphatic carbocycles. The molecule has 2 aromatic heterocycles. The van der Waals surface area contributed by atoms with E-state index in [0.29, 0.717) is 0 Å². The van der Waals surface area contributed by atoms with E-state index >= 15 is 0 Å². The summed E-state index contributed by atoms with van der Waals surface area (Å²) in [7, 11) is 0. The number of aryl methyl sites for hydroxylation is 1. The predicted octanol–water partition coefficient (Wildman–Crippen LogP) is 0.408. The van der Waals surface area contributed by atoms with E-state index in [1.807, 2.05) is 0 Å². The molecular weight excluding hydrogens is 204 g/mol. The molecule has 0 saturated carbocycles. The first-order valence-corrected chi connectivity index (χ1v) is 5.50. The molecule has 1 aliphatic heterocycles. The number of aromatic nitrogens is 5. The van der Waals surface area contributed by atoms with Crippen molar-refractivity contribution in [2.45, 2.75) is 32.5 Å². The van der Waals surface area contributed by atoms with Gasteiger partial charge in [0, 0.05) is 19.5 Å². The van der Waals surface area contributed by atoms with Crippen LogP contribution in [0, 0.1) is 0 Å². The molecule has 0 saturated heterocycles. The molecule has 0 radical (unpaired) electrons. The first kappa shape index (κ1) is 9.53. The summed E-state index contributed by atoms with van der Waals surface area (Å²) in [6.07, 6.45) is 4.40.